The topological polar surface area (TPSA) is 89.8 Å². The van der Waals surface area contributed by atoms with Gasteiger partial charge in [0.2, 0.25) is 0 Å². The molecule has 8 heteroatoms. The Morgan fingerprint density at radius 2 is 1.79 bits per heavy atom. The SMILES string of the molecule is Cc1ccc(S(=O)(=O)Nc2cc(-n3ccnc3C)ncn2)cc1C. The second-order valence-electron chi connectivity index (χ2n) is 5.46. The van der Waals surface area contributed by atoms with Crippen LogP contribution in [0.5, 0.6) is 0 Å². The van der Waals surface area contributed by atoms with Gasteiger partial charge in [0.1, 0.15) is 23.8 Å². The monoisotopic (exact) mass is 343 g/mol. The third-order valence-corrected chi connectivity index (χ3v) is 5.11. The fraction of sp³-hybridized carbons (Fsp3) is 0.188. The molecule has 3 rings (SSSR count). The van der Waals surface area contributed by atoms with E-state index in [1.165, 1.54) is 6.33 Å². The standard InChI is InChI=1S/C16H17N5O2S/c1-11-4-5-14(8-12(11)2)24(22,23)20-15-9-16(19-10-18-15)21-7-6-17-13(21)3/h4-10H,1-3H3,(H,18,19,20). The Morgan fingerprint density at radius 3 is 2.46 bits per heavy atom. The van der Waals surface area contributed by atoms with E-state index in [0.29, 0.717) is 5.82 Å². The van der Waals surface area contributed by atoms with Gasteiger partial charge in [-0.25, -0.2) is 23.4 Å². The molecule has 0 spiro atoms. The molecule has 0 radical (unpaired) electrons. The van der Waals surface area contributed by atoms with E-state index in [1.54, 1.807) is 41.2 Å². The highest BCUT2D eigenvalue weighted by molar-refractivity contribution is 7.92. The van der Waals surface area contributed by atoms with E-state index >= 15 is 0 Å². The molecule has 1 N–H and O–H groups in total. The van der Waals surface area contributed by atoms with Crippen molar-refractivity contribution >= 4 is 15.8 Å². The van der Waals surface area contributed by atoms with Crippen molar-refractivity contribution in [1.82, 2.24) is 19.5 Å². The van der Waals surface area contributed by atoms with Gasteiger partial charge in [0.15, 0.2) is 0 Å². The Morgan fingerprint density at radius 1 is 1.00 bits per heavy atom. The average Bonchev–Trinajstić information content (AvgIpc) is 2.96. The number of imidazole rings is 1. The minimum atomic E-state index is -3.71. The lowest BCUT2D eigenvalue weighted by atomic mass is 10.1. The van der Waals surface area contributed by atoms with Crippen molar-refractivity contribution in [2.45, 2.75) is 25.7 Å². The van der Waals surface area contributed by atoms with Crippen LogP contribution in [0.4, 0.5) is 5.82 Å². The fourth-order valence-electron chi connectivity index (χ4n) is 2.23. The summed E-state index contributed by atoms with van der Waals surface area (Å²) in [5, 5.41) is 0. The van der Waals surface area contributed by atoms with E-state index < -0.39 is 10.0 Å². The number of nitrogens with zero attached hydrogens (tertiary/aromatic N) is 4. The number of anilines is 1. The first-order valence-corrected chi connectivity index (χ1v) is 8.77. The maximum atomic E-state index is 12.5. The molecule has 1 aromatic carbocycles. The Bertz CT molecular complexity index is 995. The van der Waals surface area contributed by atoms with Gasteiger partial charge in [-0.1, -0.05) is 6.07 Å². The molecule has 7 nitrogen and oxygen atoms in total. The van der Waals surface area contributed by atoms with E-state index in [1.807, 2.05) is 20.8 Å². The molecule has 2 aromatic heterocycles. The molecule has 0 fully saturated rings. The van der Waals surface area contributed by atoms with E-state index in [4.69, 9.17) is 0 Å². The smallest absolute Gasteiger partial charge is 0.263 e. The molecular weight excluding hydrogens is 326 g/mol. The Kier molecular flexibility index (Phi) is 4.06. The number of aryl methyl sites for hydroxylation is 3. The predicted octanol–water partition coefficient (Wildman–Crippen LogP) is 2.39. The van der Waals surface area contributed by atoms with Crippen LogP contribution in [0.1, 0.15) is 17.0 Å². The minimum absolute atomic E-state index is 0.199. The zero-order chi connectivity index (χ0) is 17.3. The number of rotatable bonds is 4. The highest BCUT2D eigenvalue weighted by Gasteiger charge is 2.16. The molecule has 2 heterocycles. The quantitative estimate of drug-likeness (QED) is 0.785. The first-order valence-electron chi connectivity index (χ1n) is 7.29. The fourth-order valence-corrected chi connectivity index (χ4v) is 3.32. The van der Waals surface area contributed by atoms with E-state index in [-0.39, 0.29) is 10.7 Å². The van der Waals surface area contributed by atoms with Crippen molar-refractivity contribution in [3.63, 3.8) is 0 Å². The zero-order valence-electron chi connectivity index (χ0n) is 13.6. The highest BCUT2D eigenvalue weighted by atomic mass is 32.2. The summed E-state index contributed by atoms with van der Waals surface area (Å²) in [7, 11) is -3.71. The maximum Gasteiger partial charge on any atom is 0.263 e. The number of hydrogen-bond acceptors (Lipinski definition) is 5. The molecule has 0 amide bonds. The second-order valence-corrected chi connectivity index (χ2v) is 7.14. The summed E-state index contributed by atoms with van der Waals surface area (Å²) in [5.74, 6) is 1.49. The van der Waals surface area contributed by atoms with Gasteiger partial charge < -0.3 is 0 Å². The van der Waals surface area contributed by atoms with Gasteiger partial charge in [0, 0.05) is 18.5 Å². The molecule has 0 aliphatic heterocycles. The largest absolute Gasteiger partial charge is 0.288 e. The first-order chi connectivity index (χ1) is 11.4. The van der Waals surface area contributed by atoms with Crippen LogP contribution < -0.4 is 4.72 Å². The maximum absolute atomic E-state index is 12.5. The van der Waals surface area contributed by atoms with Crippen LogP contribution in [0.15, 0.2) is 47.9 Å². The third kappa shape index (κ3) is 3.13. The summed E-state index contributed by atoms with van der Waals surface area (Å²) in [6.07, 6.45) is 4.71. The number of aromatic nitrogens is 4. The van der Waals surface area contributed by atoms with Gasteiger partial charge in [0.05, 0.1) is 4.90 Å². The molecule has 124 valence electrons. The molecule has 0 aliphatic rings. The number of nitrogens with one attached hydrogen (secondary N) is 1. The van der Waals surface area contributed by atoms with Gasteiger partial charge in [0.25, 0.3) is 10.0 Å². The minimum Gasteiger partial charge on any atom is -0.288 e. The predicted molar refractivity (Wildman–Crippen MR) is 90.6 cm³/mol. The third-order valence-electron chi connectivity index (χ3n) is 3.75. The van der Waals surface area contributed by atoms with Crippen molar-refractivity contribution in [3.8, 4) is 5.82 Å². The van der Waals surface area contributed by atoms with E-state index in [0.717, 1.165) is 17.0 Å². The van der Waals surface area contributed by atoms with Gasteiger partial charge >= 0.3 is 0 Å². The summed E-state index contributed by atoms with van der Waals surface area (Å²) < 4.78 is 29.3. The number of hydrogen-bond donors (Lipinski definition) is 1. The molecular formula is C16H17N5O2S. The van der Waals surface area contributed by atoms with Gasteiger partial charge in [-0.2, -0.15) is 0 Å². The van der Waals surface area contributed by atoms with Crippen LogP contribution >= 0.6 is 0 Å². The Balaban J connectivity index is 1.93. The lowest BCUT2D eigenvalue weighted by Crippen LogP contribution is -2.15. The van der Waals surface area contributed by atoms with Crippen molar-refractivity contribution < 1.29 is 8.42 Å². The zero-order valence-corrected chi connectivity index (χ0v) is 14.4. The van der Waals surface area contributed by atoms with Crippen LogP contribution in [-0.4, -0.2) is 27.9 Å². The van der Waals surface area contributed by atoms with Crippen LogP contribution in [0.25, 0.3) is 5.82 Å². The average molecular weight is 343 g/mol. The van der Waals surface area contributed by atoms with Crippen molar-refractivity contribution in [3.05, 3.63) is 59.9 Å². The normalized spacial score (nSPS) is 11.5. The summed E-state index contributed by atoms with van der Waals surface area (Å²) >= 11 is 0. The van der Waals surface area contributed by atoms with Crippen LogP contribution in [0.3, 0.4) is 0 Å². The summed E-state index contributed by atoms with van der Waals surface area (Å²) in [6, 6.07) is 6.56. The Labute approximate surface area is 140 Å². The number of benzene rings is 1. The molecule has 0 saturated carbocycles. The van der Waals surface area contributed by atoms with Gasteiger partial charge in [-0.05, 0) is 44.0 Å². The van der Waals surface area contributed by atoms with Crippen LogP contribution in [-0.2, 0) is 10.0 Å². The first kappa shape index (κ1) is 16.1. The van der Waals surface area contributed by atoms with Crippen molar-refractivity contribution in [1.29, 1.82) is 0 Å². The number of sulfonamides is 1. The van der Waals surface area contributed by atoms with E-state index in [2.05, 4.69) is 19.7 Å². The summed E-state index contributed by atoms with van der Waals surface area (Å²) in [6.45, 7) is 5.64. The Hall–Kier alpha value is -2.74. The summed E-state index contributed by atoms with van der Waals surface area (Å²) in [5.41, 5.74) is 1.95. The highest BCUT2D eigenvalue weighted by Crippen LogP contribution is 2.19. The molecule has 24 heavy (non-hydrogen) atoms. The molecule has 3 aromatic rings. The second kappa shape index (κ2) is 6.04. The van der Waals surface area contributed by atoms with Crippen LogP contribution in [0.2, 0.25) is 0 Å². The lowest BCUT2D eigenvalue weighted by Gasteiger charge is -2.10. The van der Waals surface area contributed by atoms with Crippen LogP contribution in [0, 0.1) is 20.8 Å². The molecule has 0 bridgehead atoms. The lowest BCUT2D eigenvalue weighted by molar-refractivity contribution is 0.601. The molecule has 0 unspecified atom stereocenters. The van der Waals surface area contributed by atoms with Gasteiger partial charge in [-0.15, -0.1) is 0 Å². The summed E-state index contributed by atoms with van der Waals surface area (Å²) in [4.78, 5) is 12.5. The van der Waals surface area contributed by atoms with Gasteiger partial charge in [-0.3, -0.25) is 9.29 Å². The van der Waals surface area contributed by atoms with Crippen molar-refractivity contribution in [2.75, 3.05) is 4.72 Å². The molecule has 0 aliphatic carbocycles. The molecule has 0 saturated heterocycles. The molecule has 0 atom stereocenters. The van der Waals surface area contributed by atoms with Crippen molar-refractivity contribution in [2.24, 2.45) is 0 Å². The van der Waals surface area contributed by atoms with E-state index in [9.17, 15) is 8.42 Å².